The fourth-order valence-corrected chi connectivity index (χ4v) is 1.82. The lowest BCUT2D eigenvalue weighted by molar-refractivity contribution is 0.188. The standard InChI is InChI=1S/C11H15NO/c13-8-11(10-6-12-7-10)9-4-2-1-3-5-9/h1-5,10-13H,6-8H2. The normalized spacial score (nSPS) is 19.5. The van der Waals surface area contributed by atoms with E-state index in [-0.39, 0.29) is 6.61 Å². The van der Waals surface area contributed by atoms with Crippen molar-refractivity contribution in [2.45, 2.75) is 5.92 Å². The van der Waals surface area contributed by atoms with Crippen LogP contribution in [0.2, 0.25) is 0 Å². The Kier molecular flexibility index (Phi) is 2.62. The van der Waals surface area contributed by atoms with Crippen LogP contribution in [0.5, 0.6) is 0 Å². The van der Waals surface area contributed by atoms with Gasteiger partial charge in [0.2, 0.25) is 0 Å². The van der Waals surface area contributed by atoms with E-state index in [4.69, 9.17) is 0 Å². The monoisotopic (exact) mass is 177 g/mol. The molecule has 0 radical (unpaired) electrons. The van der Waals surface area contributed by atoms with Crippen LogP contribution in [0.1, 0.15) is 11.5 Å². The zero-order chi connectivity index (χ0) is 9.10. The van der Waals surface area contributed by atoms with Crippen LogP contribution in [-0.2, 0) is 0 Å². The van der Waals surface area contributed by atoms with E-state index in [0.717, 1.165) is 13.1 Å². The Morgan fingerprint density at radius 2 is 2.00 bits per heavy atom. The number of aliphatic hydroxyl groups is 1. The minimum Gasteiger partial charge on any atom is -0.396 e. The van der Waals surface area contributed by atoms with Crippen LogP contribution >= 0.6 is 0 Å². The van der Waals surface area contributed by atoms with Crippen molar-refractivity contribution in [1.29, 1.82) is 0 Å². The second-order valence-electron chi connectivity index (χ2n) is 3.62. The molecule has 0 spiro atoms. The molecule has 0 saturated carbocycles. The highest BCUT2D eigenvalue weighted by Crippen LogP contribution is 2.26. The number of benzene rings is 1. The third-order valence-corrected chi connectivity index (χ3v) is 2.81. The Labute approximate surface area is 78.6 Å². The SMILES string of the molecule is OCC(c1ccccc1)C1CNC1. The van der Waals surface area contributed by atoms with E-state index in [2.05, 4.69) is 17.4 Å². The maximum atomic E-state index is 9.29. The smallest absolute Gasteiger partial charge is 0.0503 e. The summed E-state index contributed by atoms with van der Waals surface area (Å²) in [6.07, 6.45) is 0. The molecule has 1 aromatic carbocycles. The Bertz CT molecular complexity index is 256. The summed E-state index contributed by atoms with van der Waals surface area (Å²) in [6.45, 7) is 2.34. The van der Waals surface area contributed by atoms with Gasteiger partial charge in [-0.15, -0.1) is 0 Å². The first-order valence-electron chi connectivity index (χ1n) is 4.78. The van der Waals surface area contributed by atoms with Crippen LogP contribution in [0.4, 0.5) is 0 Å². The Balaban J connectivity index is 2.12. The van der Waals surface area contributed by atoms with Gasteiger partial charge in [-0.05, 0) is 24.6 Å². The molecule has 13 heavy (non-hydrogen) atoms. The molecular weight excluding hydrogens is 162 g/mol. The lowest BCUT2D eigenvalue weighted by atomic mass is 9.83. The minimum atomic E-state index is 0.260. The summed E-state index contributed by atoms with van der Waals surface area (Å²) in [7, 11) is 0. The molecule has 1 unspecified atom stereocenters. The lowest BCUT2D eigenvalue weighted by Gasteiger charge is -2.34. The molecule has 0 amide bonds. The van der Waals surface area contributed by atoms with Gasteiger partial charge in [0.15, 0.2) is 0 Å². The van der Waals surface area contributed by atoms with E-state index >= 15 is 0 Å². The Morgan fingerprint density at radius 3 is 2.46 bits per heavy atom. The highest BCUT2D eigenvalue weighted by molar-refractivity contribution is 5.21. The molecule has 2 heteroatoms. The van der Waals surface area contributed by atoms with Gasteiger partial charge < -0.3 is 10.4 Å². The highest BCUT2D eigenvalue weighted by Gasteiger charge is 2.27. The van der Waals surface area contributed by atoms with E-state index in [1.54, 1.807) is 0 Å². The van der Waals surface area contributed by atoms with Crippen molar-refractivity contribution in [2.75, 3.05) is 19.7 Å². The molecule has 1 saturated heterocycles. The topological polar surface area (TPSA) is 32.3 Å². The summed E-state index contributed by atoms with van der Waals surface area (Å²) in [5.41, 5.74) is 1.26. The van der Waals surface area contributed by atoms with Gasteiger partial charge in [-0.1, -0.05) is 30.3 Å². The molecule has 1 aromatic rings. The van der Waals surface area contributed by atoms with Crippen LogP contribution in [-0.4, -0.2) is 24.8 Å². The van der Waals surface area contributed by atoms with E-state index < -0.39 is 0 Å². The van der Waals surface area contributed by atoms with Crippen LogP contribution in [0, 0.1) is 5.92 Å². The number of hydrogen-bond acceptors (Lipinski definition) is 2. The van der Waals surface area contributed by atoms with Crippen molar-refractivity contribution < 1.29 is 5.11 Å². The molecule has 1 atom stereocenters. The van der Waals surface area contributed by atoms with Crippen molar-refractivity contribution in [1.82, 2.24) is 5.32 Å². The molecule has 0 aromatic heterocycles. The number of nitrogens with one attached hydrogen (secondary N) is 1. The maximum absolute atomic E-state index is 9.29. The van der Waals surface area contributed by atoms with Gasteiger partial charge in [0.05, 0.1) is 6.61 Å². The summed E-state index contributed by atoms with van der Waals surface area (Å²) in [4.78, 5) is 0. The average Bonchev–Trinajstić information content (AvgIpc) is 2.12. The molecule has 1 aliphatic rings. The minimum absolute atomic E-state index is 0.260. The number of rotatable bonds is 3. The summed E-state index contributed by atoms with van der Waals surface area (Å²) in [6, 6.07) is 10.3. The van der Waals surface area contributed by atoms with Gasteiger partial charge in [0.1, 0.15) is 0 Å². The lowest BCUT2D eigenvalue weighted by Crippen LogP contribution is -2.46. The maximum Gasteiger partial charge on any atom is 0.0503 e. The molecule has 0 aliphatic carbocycles. The average molecular weight is 177 g/mol. The second kappa shape index (κ2) is 3.90. The molecular formula is C11H15NO. The van der Waals surface area contributed by atoms with E-state index in [9.17, 15) is 5.11 Å². The summed E-state index contributed by atoms with van der Waals surface area (Å²) in [5.74, 6) is 0.940. The first kappa shape index (κ1) is 8.73. The first-order valence-corrected chi connectivity index (χ1v) is 4.78. The molecule has 1 aliphatic heterocycles. The predicted molar refractivity (Wildman–Crippen MR) is 52.6 cm³/mol. The zero-order valence-corrected chi connectivity index (χ0v) is 7.61. The number of aliphatic hydroxyl groups excluding tert-OH is 1. The van der Waals surface area contributed by atoms with E-state index in [1.165, 1.54) is 5.56 Å². The van der Waals surface area contributed by atoms with Gasteiger partial charge in [-0.3, -0.25) is 0 Å². The molecule has 1 fully saturated rings. The zero-order valence-electron chi connectivity index (χ0n) is 7.61. The highest BCUT2D eigenvalue weighted by atomic mass is 16.3. The van der Waals surface area contributed by atoms with Crippen LogP contribution in [0.3, 0.4) is 0 Å². The summed E-state index contributed by atoms with van der Waals surface area (Å²) in [5, 5.41) is 12.5. The van der Waals surface area contributed by atoms with Crippen molar-refractivity contribution in [2.24, 2.45) is 5.92 Å². The third kappa shape index (κ3) is 1.74. The van der Waals surface area contributed by atoms with Gasteiger partial charge in [0.25, 0.3) is 0 Å². The van der Waals surface area contributed by atoms with E-state index in [0.29, 0.717) is 11.8 Å². The van der Waals surface area contributed by atoms with Gasteiger partial charge in [-0.2, -0.15) is 0 Å². The van der Waals surface area contributed by atoms with Crippen molar-refractivity contribution in [3.05, 3.63) is 35.9 Å². The van der Waals surface area contributed by atoms with Gasteiger partial charge >= 0.3 is 0 Å². The molecule has 2 rings (SSSR count). The van der Waals surface area contributed by atoms with Crippen molar-refractivity contribution in [3.63, 3.8) is 0 Å². The van der Waals surface area contributed by atoms with Gasteiger partial charge in [0, 0.05) is 5.92 Å². The largest absolute Gasteiger partial charge is 0.396 e. The van der Waals surface area contributed by atoms with Crippen molar-refractivity contribution in [3.8, 4) is 0 Å². The van der Waals surface area contributed by atoms with E-state index in [1.807, 2.05) is 18.2 Å². The van der Waals surface area contributed by atoms with Crippen LogP contribution in [0.25, 0.3) is 0 Å². The fraction of sp³-hybridized carbons (Fsp3) is 0.455. The molecule has 70 valence electrons. The van der Waals surface area contributed by atoms with Gasteiger partial charge in [-0.25, -0.2) is 0 Å². The second-order valence-corrected chi connectivity index (χ2v) is 3.62. The molecule has 2 N–H and O–H groups in total. The van der Waals surface area contributed by atoms with Crippen molar-refractivity contribution >= 4 is 0 Å². The summed E-state index contributed by atoms with van der Waals surface area (Å²) < 4.78 is 0. The molecule has 2 nitrogen and oxygen atoms in total. The molecule has 0 bridgehead atoms. The van der Waals surface area contributed by atoms with Crippen LogP contribution < -0.4 is 5.32 Å². The predicted octanol–water partition coefficient (Wildman–Crippen LogP) is 0.982. The quantitative estimate of drug-likeness (QED) is 0.721. The third-order valence-electron chi connectivity index (χ3n) is 2.81. The van der Waals surface area contributed by atoms with Crippen LogP contribution in [0.15, 0.2) is 30.3 Å². The fourth-order valence-electron chi connectivity index (χ4n) is 1.82. The molecule has 1 heterocycles. The number of hydrogen-bond donors (Lipinski definition) is 2. The summed E-state index contributed by atoms with van der Waals surface area (Å²) >= 11 is 0. The Morgan fingerprint density at radius 1 is 1.31 bits per heavy atom. The Hall–Kier alpha value is -0.860. The first-order chi connectivity index (χ1) is 6.42.